The molecule has 0 aliphatic carbocycles. The van der Waals surface area contributed by atoms with Crippen LogP contribution in [0.3, 0.4) is 0 Å². The van der Waals surface area contributed by atoms with Crippen molar-refractivity contribution in [3.63, 3.8) is 0 Å². The van der Waals surface area contributed by atoms with Crippen LogP contribution < -0.4 is 14.8 Å². The highest BCUT2D eigenvalue weighted by Crippen LogP contribution is 2.23. The number of halogens is 1. The van der Waals surface area contributed by atoms with Gasteiger partial charge in [-0.15, -0.1) is 0 Å². The van der Waals surface area contributed by atoms with Gasteiger partial charge in [-0.25, -0.2) is 0 Å². The Labute approximate surface area is 196 Å². The molecule has 2 heterocycles. The van der Waals surface area contributed by atoms with E-state index in [9.17, 15) is 4.79 Å². The molecule has 0 fully saturated rings. The first-order valence-corrected chi connectivity index (χ1v) is 10.8. The number of aryl methyl sites for hydroxylation is 1. The first-order valence-electron chi connectivity index (χ1n) is 10.4. The second-order valence-electron chi connectivity index (χ2n) is 7.52. The predicted octanol–water partition coefficient (Wildman–Crippen LogP) is 5.63. The largest absolute Gasteiger partial charge is 0.497 e. The highest BCUT2D eigenvalue weighted by atomic mass is 35.5. The topological polar surface area (TPSA) is 78.5 Å². The Morgan fingerprint density at radius 3 is 2.64 bits per heavy atom. The summed E-state index contributed by atoms with van der Waals surface area (Å²) in [5.74, 6) is 1.84. The van der Waals surface area contributed by atoms with Gasteiger partial charge in [0.15, 0.2) is 5.76 Å². The standard InChI is InChI=1S/C25H24ClN3O4/c1-16-24(17(2)29(28-16)14-18-5-4-6-21(13-18)31-3)27-25(30)23-12-11-22(33-23)15-32-20-9-7-19(26)8-10-20/h4-13H,14-15H2,1-3H3,(H,27,30). The molecule has 0 atom stereocenters. The minimum absolute atomic E-state index is 0.198. The summed E-state index contributed by atoms with van der Waals surface area (Å²) in [5.41, 5.74) is 3.29. The van der Waals surface area contributed by atoms with Crippen LogP contribution in [-0.4, -0.2) is 22.8 Å². The zero-order valence-electron chi connectivity index (χ0n) is 18.6. The van der Waals surface area contributed by atoms with Gasteiger partial charge in [0, 0.05) is 5.02 Å². The maximum atomic E-state index is 12.8. The number of ether oxygens (including phenoxy) is 2. The number of benzene rings is 2. The molecular weight excluding hydrogens is 442 g/mol. The Hall–Kier alpha value is -3.71. The van der Waals surface area contributed by atoms with E-state index in [1.807, 2.05) is 42.8 Å². The summed E-state index contributed by atoms with van der Waals surface area (Å²) in [4.78, 5) is 12.8. The molecule has 8 heteroatoms. The minimum atomic E-state index is -0.347. The van der Waals surface area contributed by atoms with Gasteiger partial charge in [-0.2, -0.15) is 5.10 Å². The molecule has 170 valence electrons. The molecule has 0 unspecified atom stereocenters. The van der Waals surface area contributed by atoms with Crippen LogP contribution in [0.5, 0.6) is 11.5 Å². The zero-order chi connectivity index (χ0) is 23.4. The van der Waals surface area contributed by atoms with Gasteiger partial charge in [0.05, 0.1) is 30.7 Å². The molecule has 7 nitrogen and oxygen atoms in total. The van der Waals surface area contributed by atoms with Crippen molar-refractivity contribution in [3.8, 4) is 11.5 Å². The second-order valence-corrected chi connectivity index (χ2v) is 7.95. The molecule has 0 radical (unpaired) electrons. The molecule has 33 heavy (non-hydrogen) atoms. The Morgan fingerprint density at radius 1 is 1.09 bits per heavy atom. The lowest BCUT2D eigenvalue weighted by Crippen LogP contribution is -2.12. The molecule has 0 saturated heterocycles. The van der Waals surface area contributed by atoms with Crippen molar-refractivity contribution in [3.05, 3.63) is 94.2 Å². The van der Waals surface area contributed by atoms with E-state index in [0.29, 0.717) is 28.8 Å². The van der Waals surface area contributed by atoms with Crippen LogP contribution in [-0.2, 0) is 13.2 Å². The summed E-state index contributed by atoms with van der Waals surface area (Å²) < 4.78 is 18.5. The summed E-state index contributed by atoms with van der Waals surface area (Å²) in [5, 5.41) is 8.14. The van der Waals surface area contributed by atoms with Gasteiger partial charge in [-0.1, -0.05) is 23.7 Å². The van der Waals surface area contributed by atoms with Crippen LogP contribution >= 0.6 is 11.6 Å². The maximum absolute atomic E-state index is 12.8. The Kier molecular flexibility index (Phi) is 6.70. The van der Waals surface area contributed by atoms with Crippen molar-refractivity contribution in [1.29, 1.82) is 0 Å². The van der Waals surface area contributed by atoms with Crippen molar-refractivity contribution in [2.45, 2.75) is 27.0 Å². The number of aromatic nitrogens is 2. The van der Waals surface area contributed by atoms with E-state index in [-0.39, 0.29) is 18.3 Å². The summed E-state index contributed by atoms with van der Waals surface area (Å²) in [7, 11) is 1.64. The van der Waals surface area contributed by atoms with Crippen molar-refractivity contribution in [1.82, 2.24) is 9.78 Å². The number of anilines is 1. The van der Waals surface area contributed by atoms with E-state index >= 15 is 0 Å². The molecule has 4 rings (SSSR count). The normalized spacial score (nSPS) is 10.8. The lowest BCUT2D eigenvalue weighted by molar-refractivity contribution is 0.0992. The number of carbonyl (C=O) groups is 1. The predicted molar refractivity (Wildman–Crippen MR) is 126 cm³/mol. The number of methoxy groups -OCH3 is 1. The molecule has 1 amide bonds. The minimum Gasteiger partial charge on any atom is -0.497 e. The third kappa shape index (κ3) is 5.38. The lowest BCUT2D eigenvalue weighted by Gasteiger charge is -2.08. The quantitative estimate of drug-likeness (QED) is 0.364. The van der Waals surface area contributed by atoms with Gasteiger partial charge in [-0.05, 0) is 67.9 Å². The number of hydrogen-bond acceptors (Lipinski definition) is 5. The number of amides is 1. The maximum Gasteiger partial charge on any atom is 0.291 e. The second kappa shape index (κ2) is 9.83. The van der Waals surface area contributed by atoms with E-state index in [4.69, 9.17) is 25.5 Å². The van der Waals surface area contributed by atoms with Crippen LogP contribution in [0.1, 0.15) is 33.3 Å². The monoisotopic (exact) mass is 465 g/mol. The zero-order valence-corrected chi connectivity index (χ0v) is 19.3. The van der Waals surface area contributed by atoms with Gasteiger partial charge in [0.1, 0.15) is 23.9 Å². The van der Waals surface area contributed by atoms with Gasteiger partial charge >= 0.3 is 0 Å². The van der Waals surface area contributed by atoms with Crippen LogP contribution in [0.15, 0.2) is 65.1 Å². The molecule has 0 bridgehead atoms. The molecule has 4 aromatic rings. The van der Waals surface area contributed by atoms with Crippen molar-refractivity contribution in [2.24, 2.45) is 0 Å². The fourth-order valence-corrected chi connectivity index (χ4v) is 3.54. The Bertz CT molecular complexity index is 1260. The summed E-state index contributed by atoms with van der Waals surface area (Å²) >= 11 is 5.88. The number of nitrogens with zero attached hydrogens (tertiary/aromatic N) is 2. The van der Waals surface area contributed by atoms with E-state index in [2.05, 4.69) is 10.4 Å². The van der Waals surface area contributed by atoms with Crippen molar-refractivity contribution < 1.29 is 18.7 Å². The van der Waals surface area contributed by atoms with Gasteiger partial charge in [-0.3, -0.25) is 9.48 Å². The molecule has 2 aromatic carbocycles. The number of furan rings is 1. The fourth-order valence-electron chi connectivity index (χ4n) is 3.41. The van der Waals surface area contributed by atoms with E-state index in [1.165, 1.54) is 0 Å². The van der Waals surface area contributed by atoms with Gasteiger partial charge in [0.25, 0.3) is 5.91 Å². The van der Waals surface area contributed by atoms with Crippen LogP contribution in [0.25, 0.3) is 0 Å². The lowest BCUT2D eigenvalue weighted by atomic mass is 10.2. The van der Waals surface area contributed by atoms with Gasteiger partial charge in [0.2, 0.25) is 0 Å². The van der Waals surface area contributed by atoms with Crippen LogP contribution in [0, 0.1) is 13.8 Å². The summed E-state index contributed by atoms with van der Waals surface area (Å²) in [6, 6.07) is 18.2. The molecule has 1 N–H and O–H groups in total. The smallest absolute Gasteiger partial charge is 0.291 e. The van der Waals surface area contributed by atoms with E-state index in [0.717, 1.165) is 22.7 Å². The number of nitrogens with one attached hydrogen (secondary N) is 1. The first kappa shape index (κ1) is 22.5. The van der Waals surface area contributed by atoms with Crippen LogP contribution in [0.2, 0.25) is 5.02 Å². The number of hydrogen-bond donors (Lipinski definition) is 1. The molecule has 0 spiro atoms. The Morgan fingerprint density at radius 2 is 1.88 bits per heavy atom. The average molecular weight is 466 g/mol. The highest BCUT2D eigenvalue weighted by molar-refractivity contribution is 6.30. The molecule has 2 aromatic heterocycles. The van der Waals surface area contributed by atoms with E-state index < -0.39 is 0 Å². The fraction of sp³-hybridized carbons (Fsp3) is 0.200. The molecular formula is C25H24ClN3O4. The number of carbonyl (C=O) groups excluding carboxylic acids is 1. The first-order chi connectivity index (χ1) is 15.9. The number of rotatable bonds is 8. The third-order valence-electron chi connectivity index (χ3n) is 5.17. The summed E-state index contributed by atoms with van der Waals surface area (Å²) in [6.45, 7) is 4.54. The average Bonchev–Trinajstić information content (AvgIpc) is 3.39. The van der Waals surface area contributed by atoms with Crippen LogP contribution in [0.4, 0.5) is 5.69 Å². The Balaban J connectivity index is 1.41. The van der Waals surface area contributed by atoms with Crippen molar-refractivity contribution in [2.75, 3.05) is 12.4 Å². The molecule has 0 aliphatic rings. The van der Waals surface area contributed by atoms with E-state index in [1.54, 1.807) is 43.5 Å². The third-order valence-corrected chi connectivity index (χ3v) is 5.42. The summed E-state index contributed by atoms with van der Waals surface area (Å²) in [6.07, 6.45) is 0. The molecule has 0 aliphatic heterocycles. The SMILES string of the molecule is COc1cccc(Cn2nc(C)c(NC(=O)c3ccc(COc4ccc(Cl)cc4)o3)c2C)c1. The molecule has 0 saturated carbocycles. The van der Waals surface area contributed by atoms with Gasteiger partial charge < -0.3 is 19.2 Å². The highest BCUT2D eigenvalue weighted by Gasteiger charge is 2.18. The van der Waals surface area contributed by atoms with Crippen molar-refractivity contribution >= 4 is 23.2 Å².